The molecule has 0 aliphatic rings. The highest BCUT2D eigenvalue weighted by Crippen LogP contribution is 2.19. The lowest BCUT2D eigenvalue weighted by atomic mass is 10.0. The molecule has 3 atom stereocenters. The Kier molecular flexibility index (Phi) is 58.4. The molecule has 0 saturated carbocycles. The van der Waals surface area contributed by atoms with Crippen molar-refractivity contribution in [2.24, 2.45) is 0 Å². The minimum absolute atomic E-state index is 0.307. The van der Waals surface area contributed by atoms with E-state index in [0.29, 0.717) is 12.8 Å². The molecule has 0 aromatic carbocycles. The van der Waals surface area contributed by atoms with Gasteiger partial charge < -0.3 is 20.6 Å². The van der Waals surface area contributed by atoms with Crippen molar-refractivity contribution in [2.75, 3.05) is 6.61 Å². The van der Waals surface area contributed by atoms with Crippen molar-refractivity contribution in [3.8, 4) is 0 Å². The third kappa shape index (κ3) is 53.2. The number of unbranched alkanes of at least 4 members (excludes halogenated alkanes) is 52. The molecule has 0 radical (unpaired) electrons. The van der Waals surface area contributed by atoms with Gasteiger partial charge in [0.25, 0.3) is 0 Å². The molecular weight excluding hydrogens is 835 g/mol. The van der Waals surface area contributed by atoms with Crippen LogP contribution < -0.4 is 5.32 Å². The molecule has 5 heteroatoms. The number of hydrogen-bond donors (Lipinski definition) is 4. The summed E-state index contributed by atoms with van der Waals surface area (Å²) in [6, 6.07) is -0.708. The van der Waals surface area contributed by atoms with Crippen LogP contribution in [0.25, 0.3) is 0 Å². The average Bonchev–Trinajstić information content (AvgIpc) is 3.34. The second-order valence-electron chi connectivity index (χ2n) is 22.3. The van der Waals surface area contributed by atoms with Crippen molar-refractivity contribution in [3.63, 3.8) is 0 Å². The Bertz CT molecular complexity index is 929. The number of carbonyl (C=O) groups excluding carboxylic acids is 1. The van der Waals surface area contributed by atoms with Gasteiger partial charge in [-0.05, 0) is 12.8 Å². The summed E-state index contributed by atoms with van der Waals surface area (Å²) in [7, 11) is 0. The Morgan fingerprint density at radius 1 is 0.294 bits per heavy atom. The van der Waals surface area contributed by atoms with Crippen molar-refractivity contribution >= 4 is 5.91 Å². The Balaban J connectivity index is 3.41. The van der Waals surface area contributed by atoms with Crippen LogP contribution in [0.15, 0.2) is 0 Å². The van der Waals surface area contributed by atoms with E-state index in [1.807, 2.05) is 0 Å². The summed E-state index contributed by atoms with van der Waals surface area (Å²) in [4.78, 5) is 12.6. The monoisotopic (exact) mass is 962 g/mol. The molecule has 0 fully saturated rings. The van der Waals surface area contributed by atoms with E-state index in [0.717, 1.165) is 32.1 Å². The van der Waals surface area contributed by atoms with Gasteiger partial charge in [-0.2, -0.15) is 0 Å². The molecule has 0 rings (SSSR count). The molecular formula is C63H127NO4. The molecule has 0 saturated heterocycles. The predicted molar refractivity (Wildman–Crippen MR) is 301 cm³/mol. The van der Waals surface area contributed by atoms with E-state index in [1.165, 1.54) is 315 Å². The van der Waals surface area contributed by atoms with Crippen LogP contribution >= 0.6 is 0 Å². The third-order valence-corrected chi connectivity index (χ3v) is 15.5. The van der Waals surface area contributed by atoms with E-state index in [9.17, 15) is 20.1 Å². The Labute approximate surface area is 427 Å². The quantitative estimate of drug-likeness (QED) is 0.0457. The molecule has 0 spiro atoms. The summed E-state index contributed by atoms with van der Waals surface area (Å²) in [5.41, 5.74) is 0. The van der Waals surface area contributed by atoms with E-state index >= 15 is 0 Å². The van der Waals surface area contributed by atoms with Gasteiger partial charge in [0.15, 0.2) is 0 Å². The molecule has 0 heterocycles. The van der Waals surface area contributed by atoms with E-state index in [1.54, 1.807) is 0 Å². The zero-order valence-corrected chi connectivity index (χ0v) is 46.8. The average molecular weight is 963 g/mol. The van der Waals surface area contributed by atoms with E-state index < -0.39 is 24.2 Å². The standard InChI is InChI=1S/C63H127NO4/c1-3-5-7-9-11-13-15-17-19-21-23-24-25-26-27-28-29-30-31-32-33-34-35-36-37-38-39-40-42-44-46-48-50-52-54-56-58-62(67)63(68)64-60(59-65)61(66)57-55-53-51-49-47-45-43-41-22-20-18-16-14-12-10-8-6-4-2/h60-62,65-67H,3-59H2,1-2H3,(H,64,68). The van der Waals surface area contributed by atoms with Crippen LogP contribution in [-0.2, 0) is 4.79 Å². The van der Waals surface area contributed by atoms with Crippen LogP contribution in [0.5, 0.6) is 0 Å². The second kappa shape index (κ2) is 58.9. The number of amides is 1. The van der Waals surface area contributed by atoms with Crippen molar-refractivity contribution in [3.05, 3.63) is 0 Å². The molecule has 0 aromatic rings. The molecule has 4 N–H and O–H groups in total. The maximum atomic E-state index is 12.6. The van der Waals surface area contributed by atoms with Gasteiger partial charge in [-0.1, -0.05) is 361 Å². The third-order valence-electron chi connectivity index (χ3n) is 15.5. The fourth-order valence-electron chi connectivity index (χ4n) is 10.6. The number of nitrogens with one attached hydrogen (secondary N) is 1. The van der Waals surface area contributed by atoms with Gasteiger partial charge >= 0.3 is 0 Å². The first-order valence-electron chi connectivity index (χ1n) is 31.8. The maximum Gasteiger partial charge on any atom is 0.249 e. The van der Waals surface area contributed by atoms with Gasteiger partial charge in [0, 0.05) is 0 Å². The molecule has 3 unspecified atom stereocenters. The topological polar surface area (TPSA) is 89.8 Å². The molecule has 408 valence electrons. The van der Waals surface area contributed by atoms with Crippen LogP contribution in [0.3, 0.4) is 0 Å². The highest BCUT2D eigenvalue weighted by Gasteiger charge is 2.23. The smallest absolute Gasteiger partial charge is 0.249 e. The number of carbonyl (C=O) groups is 1. The SMILES string of the molecule is CCCCCCCCCCCCCCCCCCCCCCCCCCCCCCCCCCCCCCC(O)C(=O)NC(CO)C(O)CCCCCCCCCCCCCCCCCCCC. The van der Waals surface area contributed by atoms with Crippen LogP contribution in [0.2, 0.25) is 0 Å². The van der Waals surface area contributed by atoms with E-state index in [-0.39, 0.29) is 6.61 Å². The first kappa shape index (κ1) is 67.3. The fourth-order valence-corrected chi connectivity index (χ4v) is 10.6. The zero-order chi connectivity index (χ0) is 49.3. The Morgan fingerprint density at radius 2 is 0.471 bits per heavy atom. The van der Waals surface area contributed by atoms with Crippen LogP contribution in [0.1, 0.15) is 373 Å². The summed E-state index contributed by atoms with van der Waals surface area (Å²) >= 11 is 0. The van der Waals surface area contributed by atoms with Gasteiger partial charge in [0.05, 0.1) is 18.8 Å². The predicted octanol–water partition coefficient (Wildman–Crippen LogP) is 20.1. The van der Waals surface area contributed by atoms with Gasteiger partial charge in [-0.3, -0.25) is 4.79 Å². The normalized spacial score (nSPS) is 13.1. The first-order valence-corrected chi connectivity index (χ1v) is 31.8. The molecule has 0 bridgehead atoms. The first-order chi connectivity index (χ1) is 33.6. The van der Waals surface area contributed by atoms with Crippen LogP contribution in [0.4, 0.5) is 0 Å². The lowest BCUT2D eigenvalue weighted by molar-refractivity contribution is -0.131. The van der Waals surface area contributed by atoms with E-state index in [2.05, 4.69) is 19.2 Å². The summed E-state index contributed by atoms with van der Waals surface area (Å²) in [6.07, 6.45) is 73.4. The summed E-state index contributed by atoms with van der Waals surface area (Å²) in [5, 5.41) is 33.6. The van der Waals surface area contributed by atoms with Gasteiger partial charge in [0.2, 0.25) is 5.91 Å². The zero-order valence-electron chi connectivity index (χ0n) is 46.8. The number of aliphatic hydroxyl groups is 3. The second-order valence-corrected chi connectivity index (χ2v) is 22.3. The van der Waals surface area contributed by atoms with Crippen LogP contribution in [0, 0.1) is 0 Å². The van der Waals surface area contributed by atoms with Crippen LogP contribution in [-0.4, -0.2) is 46.1 Å². The minimum Gasteiger partial charge on any atom is -0.394 e. The van der Waals surface area contributed by atoms with Crippen molar-refractivity contribution in [1.29, 1.82) is 0 Å². The number of hydrogen-bond acceptors (Lipinski definition) is 4. The summed E-state index contributed by atoms with van der Waals surface area (Å²) in [6.45, 7) is 4.28. The van der Waals surface area contributed by atoms with Crippen molar-refractivity contribution in [2.45, 2.75) is 392 Å². The van der Waals surface area contributed by atoms with Gasteiger partial charge in [-0.25, -0.2) is 0 Å². The maximum absolute atomic E-state index is 12.6. The molecule has 0 aliphatic carbocycles. The molecule has 1 amide bonds. The number of rotatable bonds is 60. The molecule has 68 heavy (non-hydrogen) atoms. The summed E-state index contributed by atoms with van der Waals surface area (Å²) in [5.74, 6) is -0.461. The van der Waals surface area contributed by atoms with Gasteiger partial charge in [0.1, 0.15) is 6.10 Å². The Morgan fingerprint density at radius 3 is 0.662 bits per heavy atom. The molecule has 0 aliphatic heterocycles. The Hall–Kier alpha value is -0.650. The summed E-state index contributed by atoms with van der Waals surface area (Å²) < 4.78 is 0. The molecule has 0 aromatic heterocycles. The lowest BCUT2D eigenvalue weighted by Gasteiger charge is -2.23. The molecule has 5 nitrogen and oxygen atoms in total. The highest BCUT2D eigenvalue weighted by molar-refractivity contribution is 5.80. The van der Waals surface area contributed by atoms with Crippen molar-refractivity contribution < 1.29 is 20.1 Å². The number of aliphatic hydroxyl groups excluding tert-OH is 3. The fraction of sp³-hybridized carbons (Fsp3) is 0.984. The van der Waals surface area contributed by atoms with Crippen molar-refractivity contribution in [1.82, 2.24) is 5.32 Å². The van der Waals surface area contributed by atoms with E-state index in [4.69, 9.17) is 0 Å². The lowest BCUT2D eigenvalue weighted by Crippen LogP contribution is -2.49. The minimum atomic E-state index is -1.07. The van der Waals surface area contributed by atoms with Gasteiger partial charge in [-0.15, -0.1) is 0 Å². The largest absolute Gasteiger partial charge is 0.394 e. The highest BCUT2D eigenvalue weighted by atomic mass is 16.3.